The fourth-order valence-corrected chi connectivity index (χ4v) is 2.81. The summed E-state index contributed by atoms with van der Waals surface area (Å²) in [5.74, 6) is -0.216. The van der Waals surface area contributed by atoms with Crippen LogP contribution in [0.4, 0.5) is 4.39 Å². The Balaban J connectivity index is 1.96. The molecular weight excluding hydrogens is 193 g/mol. The van der Waals surface area contributed by atoms with Gasteiger partial charge in [0.05, 0.1) is 17.7 Å². The van der Waals surface area contributed by atoms with E-state index < -0.39 is 5.54 Å². The SMILES string of the molecule is NC1(c2ccc(F)cc2)CC2CCC1O2. The Labute approximate surface area is 88.2 Å². The molecule has 2 aliphatic rings. The minimum Gasteiger partial charge on any atom is -0.373 e. The summed E-state index contributed by atoms with van der Waals surface area (Å²) in [6.45, 7) is 0. The van der Waals surface area contributed by atoms with Crippen molar-refractivity contribution in [3.8, 4) is 0 Å². The molecule has 0 radical (unpaired) electrons. The molecule has 2 saturated heterocycles. The van der Waals surface area contributed by atoms with Gasteiger partial charge in [-0.25, -0.2) is 4.39 Å². The topological polar surface area (TPSA) is 35.2 Å². The Morgan fingerprint density at radius 3 is 2.53 bits per heavy atom. The maximum absolute atomic E-state index is 12.8. The number of hydrogen-bond acceptors (Lipinski definition) is 2. The summed E-state index contributed by atoms with van der Waals surface area (Å²) >= 11 is 0. The summed E-state index contributed by atoms with van der Waals surface area (Å²) in [6, 6.07) is 6.49. The van der Waals surface area contributed by atoms with Gasteiger partial charge >= 0.3 is 0 Å². The van der Waals surface area contributed by atoms with E-state index in [0.717, 1.165) is 24.8 Å². The van der Waals surface area contributed by atoms with Crippen molar-refractivity contribution in [3.63, 3.8) is 0 Å². The van der Waals surface area contributed by atoms with Crippen molar-refractivity contribution >= 4 is 0 Å². The number of halogens is 1. The molecule has 2 heterocycles. The number of benzene rings is 1. The molecule has 2 fully saturated rings. The normalized spacial score (nSPS) is 38.5. The number of fused-ring (bicyclic) bond motifs is 2. The Bertz CT molecular complexity index is 378. The highest BCUT2D eigenvalue weighted by Gasteiger charge is 2.50. The molecule has 3 atom stereocenters. The van der Waals surface area contributed by atoms with Crippen LogP contribution < -0.4 is 5.73 Å². The van der Waals surface area contributed by atoms with Crippen LogP contribution in [0.25, 0.3) is 0 Å². The Morgan fingerprint density at radius 2 is 2.00 bits per heavy atom. The largest absolute Gasteiger partial charge is 0.373 e. The molecule has 0 amide bonds. The Kier molecular flexibility index (Phi) is 1.88. The maximum Gasteiger partial charge on any atom is 0.123 e. The van der Waals surface area contributed by atoms with Crippen molar-refractivity contribution in [2.75, 3.05) is 0 Å². The second-order valence-electron chi connectivity index (χ2n) is 4.58. The molecule has 3 heteroatoms. The third-order valence-corrected chi connectivity index (χ3v) is 3.63. The third kappa shape index (κ3) is 1.30. The summed E-state index contributed by atoms with van der Waals surface area (Å²) in [5.41, 5.74) is 6.97. The average Bonchev–Trinajstić information content (AvgIpc) is 2.78. The van der Waals surface area contributed by atoms with Gasteiger partial charge in [-0.05, 0) is 37.0 Å². The van der Waals surface area contributed by atoms with Crippen LogP contribution >= 0.6 is 0 Å². The van der Waals surface area contributed by atoms with Crippen LogP contribution in [0.5, 0.6) is 0 Å². The first-order chi connectivity index (χ1) is 7.18. The lowest BCUT2D eigenvalue weighted by molar-refractivity contribution is 0.0853. The minimum atomic E-state index is -0.392. The molecule has 0 aromatic heterocycles. The van der Waals surface area contributed by atoms with Gasteiger partial charge in [0.15, 0.2) is 0 Å². The van der Waals surface area contributed by atoms with E-state index in [1.807, 2.05) is 0 Å². The van der Waals surface area contributed by atoms with Crippen molar-refractivity contribution in [1.29, 1.82) is 0 Å². The van der Waals surface area contributed by atoms with Crippen LogP contribution in [0.3, 0.4) is 0 Å². The molecule has 2 aliphatic heterocycles. The van der Waals surface area contributed by atoms with E-state index in [-0.39, 0.29) is 11.9 Å². The van der Waals surface area contributed by atoms with Gasteiger partial charge in [-0.3, -0.25) is 0 Å². The summed E-state index contributed by atoms with van der Waals surface area (Å²) in [5, 5.41) is 0. The van der Waals surface area contributed by atoms with E-state index in [2.05, 4.69) is 0 Å². The van der Waals surface area contributed by atoms with Crippen molar-refractivity contribution in [1.82, 2.24) is 0 Å². The molecule has 15 heavy (non-hydrogen) atoms. The molecule has 0 saturated carbocycles. The fraction of sp³-hybridized carbons (Fsp3) is 0.500. The highest BCUT2D eigenvalue weighted by Crippen LogP contribution is 2.45. The predicted molar refractivity (Wildman–Crippen MR) is 54.8 cm³/mol. The molecule has 3 rings (SSSR count). The summed E-state index contributed by atoms with van der Waals surface area (Å²) in [4.78, 5) is 0. The van der Waals surface area contributed by atoms with Crippen LogP contribution in [0, 0.1) is 5.82 Å². The van der Waals surface area contributed by atoms with Gasteiger partial charge in [0.25, 0.3) is 0 Å². The zero-order valence-corrected chi connectivity index (χ0v) is 8.45. The summed E-state index contributed by atoms with van der Waals surface area (Å²) in [6.07, 6.45) is 3.44. The first kappa shape index (κ1) is 9.31. The molecule has 1 aromatic rings. The van der Waals surface area contributed by atoms with Crippen molar-refractivity contribution in [3.05, 3.63) is 35.6 Å². The van der Waals surface area contributed by atoms with Gasteiger partial charge < -0.3 is 10.5 Å². The molecule has 0 aliphatic carbocycles. The molecule has 80 valence electrons. The highest BCUT2D eigenvalue weighted by molar-refractivity contribution is 5.29. The zero-order valence-electron chi connectivity index (χ0n) is 8.45. The van der Waals surface area contributed by atoms with Gasteiger partial charge in [0, 0.05) is 0 Å². The van der Waals surface area contributed by atoms with E-state index >= 15 is 0 Å². The van der Waals surface area contributed by atoms with Crippen LogP contribution in [-0.4, -0.2) is 12.2 Å². The van der Waals surface area contributed by atoms with Gasteiger partial charge in [-0.1, -0.05) is 12.1 Å². The molecule has 2 bridgehead atoms. The zero-order chi connectivity index (χ0) is 10.5. The lowest BCUT2D eigenvalue weighted by Gasteiger charge is -2.31. The lowest BCUT2D eigenvalue weighted by Crippen LogP contribution is -2.45. The Morgan fingerprint density at radius 1 is 1.27 bits per heavy atom. The van der Waals surface area contributed by atoms with Gasteiger partial charge in [0.2, 0.25) is 0 Å². The van der Waals surface area contributed by atoms with E-state index in [0.29, 0.717) is 6.10 Å². The average molecular weight is 207 g/mol. The Hall–Kier alpha value is -0.930. The van der Waals surface area contributed by atoms with Crippen LogP contribution in [-0.2, 0) is 10.3 Å². The summed E-state index contributed by atoms with van der Waals surface area (Å²) in [7, 11) is 0. The second-order valence-corrected chi connectivity index (χ2v) is 4.58. The van der Waals surface area contributed by atoms with Crippen LogP contribution in [0.15, 0.2) is 24.3 Å². The number of ether oxygens (including phenoxy) is 1. The highest BCUT2D eigenvalue weighted by atomic mass is 19.1. The molecule has 2 nitrogen and oxygen atoms in total. The fourth-order valence-electron chi connectivity index (χ4n) is 2.81. The minimum absolute atomic E-state index is 0.118. The van der Waals surface area contributed by atoms with E-state index in [1.165, 1.54) is 12.1 Å². The molecule has 3 unspecified atom stereocenters. The number of nitrogens with two attached hydrogens (primary N) is 1. The quantitative estimate of drug-likeness (QED) is 0.763. The third-order valence-electron chi connectivity index (χ3n) is 3.63. The molecular formula is C12H14FNO. The lowest BCUT2D eigenvalue weighted by atomic mass is 9.77. The van der Waals surface area contributed by atoms with Crippen molar-refractivity contribution in [2.45, 2.75) is 37.0 Å². The monoisotopic (exact) mass is 207 g/mol. The van der Waals surface area contributed by atoms with E-state index in [1.54, 1.807) is 12.1 Å². The first-order valence-corrected chi connectivity index (χ1v) is 5.39. The predicted octanol–water partition coefficient (Wildman–Crippen LogP) is 1.93. The molecule has 2 N–H and O–H groups in total. The van der Waals surface area contributed by atoms with Crippen LogP contribution in [0.2, 0.25) is 0 Å². The second kappa shape index (κ2) is 3.03. The number of rotatable bonds is 1. The standard InChI is InChI=1S/C12H14FNO/c13-9-3-1-8(2-4-9)12(14)7-10-5-6-11(12)15-10/h1-4,10-11H,5-7,14H2. The van der Waals surface area contributed by atoms with Crippen molar-refractivity contribution in [2.24, 2.45) is 5.73 Å². The van der Waals surface area contributed by atoms with Gasteiger partial charge in [-0.15, -0.1) is 0 Å². The van der Waals surface area contributed by atoms with Gasteiger partial charge in [-0.2, -0.15) is 0 Å². The van der Waals surface area contributed by atoms with E-state index in [9.17, 15) is 4.39 Å². The summed E-state index contributed by atoms with van der Waals surface area (Å²) < 4.78 is 18.6. The van der Waals surface area contributed by atoms with E-state index in [4.69, 9.17) is 10.5 Å². The molecule has 0 spiro atoms. The van der Waals surface area contributed by atoms with Crippen LogP contribution in [0.1, 0.15) is 24.8 Å². The maximum atomic E-state index is 12.8. The first-order valence-electron chi connectivity index (χ1n) is 5.39. The van der Waals surface area contributed by atoms with Crippen molar-refractivity contribution < 1.29 is 9.13 Å². The smallest absolute Gasteiger partial charge is 0.123 e. The molecule has 1 aromatic carbocycles. The van der Waals surface area contributed by atoms with Gasteiger partial charge in [0.1, 0.15) is 5.82 Å². The number of hydrogen-bond donors (Lipinski definition) is 1.